The molecule has 2 unspecified atom stereocenters. The van der Waals surface area contributed by atoms with Crippen molar-refractivity contribution in [2.75, 3.05) is 0 Å². The number of alkyl halides is 3. The molecular formula is C16H14BrF3N2O9. The lowest BCUT2D eigenvalue weighted by molar-refractivity contribution is -0.853. The number of hydrogen-bond acceptors (Lipinski definition) is 9. The molecule has 2 atom stereocenters. The van der Waals surface area contributed by atoms with Gasteiger partial charge in [0, 0.05) is 18.3 Å². The third kappa shape index (κ3) is 5.53. The number of rotatable bonds is 7. The Hall–Kier alpha value is -3.10. The second-order valence-electron chi connectivity index (χ2n) is 5.80. The Morgan fingerprint density at radius 1 is 1.29 bits per heavy atom. The summed E-state index contributed by atoms with van der Waals surface area (Å²) in [5, 5.41) is 18.0. The predicted octanol–water partition coefficient (Wildman–Crippen LogP) is 3.45. The first-order valence-electron chi connectivity index (χ1n) is 10.8. The molecule has 1 heterocycles. The minimum atomic E-state index is -5.34. The summed E-state index contributed by atoms with van der Waals surface area (Å²) in [7, 11) is 0. The van der Waals surface area contributed by atoms with Gasteiger partial charge in [-0.25, -0.2) is 4.79 Å². The predicted molar refractivity (Wildman–Crippen MR) is 97.6 cm³/mol. The fraction of sp³-hybridized carbons (Fsp3) is 0.438. The molecule has 0 aromatic heterocycles. The van der Waals surface area contributed by atoms with Crippen molar-refractivity contribution in [1.29, 1.82) is 0 Å². The zero-order chi connectivity index (χ0) is 28.7. The van der Waals surface area contributed by atoms with Gasteiger partial charge in [-0.3, -0.25) is 9.68 Å². The third-order valence-corrected chi connectivity index (χ3v) is 4.51. The molecule has 1 aromatic carbocycles. The monoisotopic (exact) mass is 520 g/mol. The van der Waals surface area contributed by atoms with Gasteiger partial charge in [0.05, 0.1) is 5.57 Å². The van der Waals surface area contributed by atoms with Crippen molar-refractivity contribution < 1.29 is 55.5 Å². The van der Waals surface area contributed by atoms with Gasteiger partial charge in [-0.1, -0.05) is 15.9 Å². The number of esters is 1. The fourth-order valence-electron chi connectivity index (χ4n) is 2.37. The second kappa shape index (κ2) is 8.95. The van der Waals surface area contributed by atoms with Gasteiger partial charge in [-0.15, -0.1) is 20.2 Å². The van der Waals surface area contributed by atoms with Crippen LogP contribution in [-0.2, 0) is 19.2 Å². The van der Waals surface area contributed by atoms with E-state index in [0.29, 0.717) is 12.1 Å². The Kier molecular flexibility index (Phi) is 4.79. The summed E-state index contributed by atoms with van der Waals surface area (Å²) in [6.45, 7) is -5.34. The van der Waals surface area contributed by atoms with E-state index in [9.17, 15) is 38.2 Å². The average Bonchev–Trinajstić information content (AvgIpc) is 2.68. The SMILES string of the molecule is [2H]C([2H])([2H])c1cc2c(c(C([2H])([2H])[2H])c1Br)C=C(C(=O)OC(C)C(O[N+](=O)[O-])O[N+](=O)[O-])C(C(F)(F)F)O2. The second-order valence-corrected chi connectivity index (χ2v) is 6.59. The molecule has 1 aliphatic heterocycles. The van der Waals surface area contributed by atoms with E-state index in [0.717, 1.165) is 6.92 Å². The Morgan fingerprint density at radius 3 is 2.39 bits per heavy atom. The largest absolute Gasteiger partial charge is 0.475 e. The van der Waals surface area contributed by atoms with Crippen molar-refractivity contribution >= 4 is 28.0 Å². The highest BCUT2D eigenvalue weighted by molar-refractivity contribution is 9.10. The van der Waals surface area contributed by atoms with Gasteiger partial charge >= 0.3 is 12.1 Å². The number of nitrogens with zero attached hydrogens (tertiary/aromatic N) is 2. The molecule has 1 aliphatic rings. The van der Waals surface area contributed by atoms with Crippen molar-refractivity contribution in [3.63, 3.8) is 0 Å². The van der Waals surface area contributed by atoms with E-state index in [4.69, 9.17) is 13.0 Å². The summed E-state index contributed by atoms with van der Waals surface area (Å²) < 4.78 is 96.3. The maximum atomic E-state index is 13.8. The van der Waals surface area contributed by atoms with Crippen molar-refractivity contribution in [3.8, 4) is 5.75 Å². The molecule has 0 radical (unpaired) electrons. The van der Waals surface area contributed by atoms with Crippen LogP contribution in [0.2, 0.25) is 0 Å². The number of benzene rings is 1. The topological polar surface area (TPSA) is 140 Å². The van der Waals surface area contributed by atoms with Crippen molar-refractivity contribution in [3.05, 3.63) is 53.0 Å². The zero-order valence-electron chi connectivity index (χ0n) is 21.0. The van der Waals surface area contributed by atoms with Crippen LogP contribution in [0.1, 0.15) is 31.8 Å². The first-order chi connectivity index (χ1) is 16.6. The number of ether oxygens (including phenoxy) is 2. The first-order valence-corrected chi connectivity index (χ1v) is 8.59. The van der Waals surface area contributed by atoms with Crippen LogP contribution in [0.3, 0.4) is 0 Å². The molecule has 0 fully saturated rings. The summed E-state index contributed by atoms with van der Waals surface area (Å²) in [6, 6.07) is 0.660. The normalized spacial score (nSPS) is 20.2. The highest BCUT2D eigenvalue weighted by atomic mass is 79.9. The van der Waals surface area contributed by atoms with Gasteiger partial charge < -0.3 is 9.47 Å². The fourth-order valence-corrected chi connectivity index (χ4v) is 2.70. The molecule has 0 amide bonds. The van der Waals surface area contributed by atoms with Gasteiger partial charge in [-0.05, 0) is 43.9 Å². The third-order valence-electron chi connectivity index (χ3n) is 3.68. The van der Waals surface area contributed by atoms with E-state index in [1.54, 1.807) is 0 Å². The molecular weight excluding hydrogens is 501 g/mol. The molecule has 0 spiro atoms. The van der Waals surface area contributed by atoms with Crippen LogP contribution < -0.4 is 4.74 Å². The van der Waals surface area contributed by atoms with Crippen LogP contribution in [-0.4, -0.2) is 40.8 Å². The summed E-state index contributed by atoms with van der Waals surface area (Å²) in [4.78, 5) is 41.4. The maximum absolute atomic E-state index is 13.8. The van der Waals surface area contributed by atoms with Crippen LogP contribution in [0.15, 0.2) is 16.1 Å². The van der Waals surface area contributed by atoms with E-state index >= 15 is 0 Å². The van der Waals surface area contributed by atoms with Gasteiger partial charge in [-0.2, -0.15) is 13.2 Å². The summed E-state index contributed by atoms with van der Waals surface area (Å²) >= 11 is 2.84. The standard InChI is InChI=1S/C16H14BrF3N2O9/c1-6-4-11-9(7(2)12(6)17)5-10(13(29-11)16(18,19)20)14(23)28-8(3)15(30-21(24)25)31-22(26)27/h4-5,8,13,15H,1-3H3/i1D3,2D3. The zero-order valence-corrected chi connectivity index (χ0v) is 16.6. The van der Waals surface area contributed by atoms with E-state index in [1.807, 2.05) is 0 Å². The van der Waals surface area contributed by atoms with E-state index in [1.165, 1.54) is 0 Å². The average molecular weight is 521 g/mol. The summed E-state index contributed by atoms with van der Waals surface area (Å²) in [5.41, 5.74) is -3.43. The van der Waals surface area contributed by atoms with Crippen LogP contribution in [0.25, 0.3) is 6.08 Å². The molecule has 31 heavy (non-hydrogen) atoms. The first kappa shape index (κ1) is 16.6. The van der Waals surface area contributed by atoms with Crippen molar-refractivity contribution in [2.45, 2.75) is 45.3 Å². The number of hydrogen-bond donors (Lipinski definition) is 0. The van der Waals surface area contributed by atoms with Gasteiger partial charge in [0.2, 0.25) is 6.10 Å². The molecule has 2 rings (SSSR count). The number of carbonyl (C=O) groups excluding carboxylic acids is 1. The molecule has 0 N–H and O–H groups in total. The molecule has 0 saturated carbocycles. The Balaban J connectivity index is 2.67. The lowest BCUT2D eigenvalue weighted by Crippen LogP contribution is -2.43. The number of fused-ring (bicyclic) bond motifs is 1. The van der Waals surface area contributed by atoms with Crippen LogP contribution in [0, 0.1) is 33.9 Å². The Morgan fingerprint density at radius 2 is 1.90 bits per heavy atom. The van der Waals surface area contributed by atoms with Crippen LogP contribution in [0.5, 0.6) is 5.75 Å². The molecule has 0 bridgehead atoms. The van der Waals surface area contributed by atoms with Gasteiger partial charge in [0.1, 0.15) is 5.75 Å². The van der Waals surface area contributed by atoms with Crippen molar-refractivity contribution in [2.24, 2.45) is 0 Å². The molecule has 11 nitrogen and oxygen atoms in total. The van der Waals surface area contributed by atoms with Crippen molar-refractivity contribution in [1.82, 2.24) is 0 Å². The number of aryl methyl sites for hydroxylation is 1. The lowest BCUT2D eigenvalue weighted by Gasteiger charge is -2.30. The highest BCUT2D eigenvalue weighted by Gasteiger charge is 2.49. The molecule has 170 valence electrons. The summed E-state index contributed by atoms with van der Waals surface area (Å²) in [6.07, 6.45) is -12.5. The van der Waals surface area contributed by atoms with E-state index < -0.39 is 87.0 Å². The summed E-state index contributed by atoms with van der Waals surface area (Å²) in [5.74, 6) is -2.70. The number of carbonyl (C=O) groups is 1. The molecule has 0 saturated heterocycles. The van der Waals surface area contributed by atoms with Crippen LogP contribution in [0.4, 0.5) is 13.2 Å². The smallest absolute Gasteiger partial charge is 0.430 e. The van der Waals surface area contributed by atoms with E-state index in [2.05, 4.69) is 30.3 Å². The van der Waals surface area contributed by atoms with Gasteiger partial charge in [0.25, 0.3) is 16.5 Å². The molecule has 0 aliphatic carbocycles. The quantitative estimate of drug-likeness (QED) is 0.228. The number of halogens is 4. The van der Waals surface area contributed by atoms with Crippen LogP contribution >= 0.6 is 15.9 Å². The molecule has 1 aromatic rings. The van der Waals surface area contributed by atoms with Gasteiger partial charge in [0.15, 0.2) is 6.10 Å². The maximum Gasteiger partial charge on any atom is 0.430 e. The lowest BCUT2D eigenvalue weighted by atomic mass is 9.96. The minimum absolute atomic E-state index is 0.444. The molecule has 15 heteroatoms. The minimum Gasteiger partial charge on any atom is -0.475 e. The van der Waals surface area contributed by atoms with E-state index in [-0.39, 0.29) is 0 Å². The Bertz CT molecular complexity index is 1130. The Labute approximate surface area is 188 Å². The highest BCUT2D eigenvalue weighted by Crippen LogP contribution is 2.41.